The molecule has 3 atom stereocenters. The topological polar surface area (TPSA) is 133 Å². The third-order valence-electron chi connectivity index (χ3n) is 2.13. The van der Waals surface area contributed by atoms with Crippen LogP contribution in [0.15, 0.2) is 0 Å². The smallest absolute Gasteiger partial charge is 0.326 e. The molecule has 0 aromatic carbocycles. The molecule has 0 saturated carbocycles. The summed E-state index contributed by atoms with van der Waals surface area (Å²) in [7, 11) is 0. The number of hydrogen-bond donors (Lipinski definition) is 5. The number of carbonyl (C=O) groups excluding carboxylic acids is 1. The van der Waals surface area contributed by atoms with Crippen LogP contribution in [-0.2, 0) is 9.59 Å². The molecule has 0 saturated heterocycles. The highest BCUT2D eigenvalue weighted by Crippen LogP contribution is 2.05. The number of amides is 1. The van der Waals surface area contributed by atoms with E-state index in [0.29, 0.717) is 0 Å². The third-order valence-corrected chi connectivity index (χ3v) is 2.13. The molecule has 7 heteroatoms. The Bertz CT molecular complexity index is 246. The van der Waals surface area contributed by atoms with Crippen LogP contribution in [0.2, 0.25) is 0 Å². The van der Waals surface area contributed by atoms with E-state index >= 15 is 0 Å². The highest BCUT2D eigenvalue weighted by atomic mass is 16.4. The van der Waals surface area contributed by atoms with Gasteiger partial charge in [-0.05, 0) is 12.8 Å². The SMILES string of the molecule is CC(=O)N[C@@H](CC[C@@H](O)[C@H](N)CO)C(=O)O. The summed E-state index contributed by atoms with van der Waals surface area (Å²) in [4.78, 5) is 21.4. The molecular weight excluding hydrogens is 216 g/mol. The van der Waals surface area contributed by atoms with Crippen molar-refractivity contribution < 1.29 is 24.9 Å². The zero-order chi connectivity index (χ0) is 12.7. The highest BCUT2D eigenvalue weighted by molar-refractivity contribution is 5.81. The lowest BCUT2D eigenvalue weighted by atomic mass is 10.0. The van der Waals surface area contributed by atoms with E-state index in [9.17, 15) is 14.7 Å². The van der Waals surface area contributed by atoms with Gasteiger partial charge in [0, 0.05) is 6.92 Å². The number of rotatable bonds is 7. The van der Waals surface area contributed by atoms with Crippen molar-refractivity contribution >= 4 is 11.9 Å². The second kappa shape index (κ2) is 7.15. The van der Waals surface area contributed by atoms with Crippen molar-refractivity contribution in [1.29, 1.82) is 0 Å². The maximum Gasteiger partial charge on any atom is 0.326 e. The molecule has 16 heavy (non-hydrogen) atoms. The number of carboxylic acids is 1. The van der Waals surface area contributed by atoms with Gasteiger partial charge in [-0.2, -0.15) is 0 Å². The number of aliphatic carboxylic acids is 1. The van der Waals surface area contributed by atoms with E-state index < -0.39 is 30.1 Å². The van der Waals surface area contributed by atoms with E-state index in [-0.39, 0.29) is 19.4 Å². The Balaban J connectivity index is 4.11. The predicted molar refractivity (Wildman–Crippen MR) is 55.5 cm³/mol. The van der Waals surface area contributed by atoms with Crippen LogP contribution < -0.4 is 11.1 Å². The summed E-state index contributed by atoms with van der Waals surface area (Å²) < 4.78 is 0. The van der Waals surface area contributed by atoms with Crippen molar-refractivity contribution in [2.24, 2.45) is 5.73 Å². The van der Waals surface area contributed by atoms with Gasteiger partial charge in [0.2, 0.25) is 5.91 Å². The van der Waals surface area contributed by atoms with Crippen LogP contribution in [0.25, 0.3) is 0 Å². The molecule has 0 radical (unpaired) electrons. The molecule has 0 aromatic heterocycles. The molecule has 1 amide bonds. The van der Waals surface area contributed by atoms with Crippen LogP contribution >= 0.6 is 0 Å². The lowest BCUT2D eigenvalue weighted by Gasteiger charge is -2.19. The standard InChI is InChI=1S/C9H18N2O5/c1-5(13)11-7(9(15)16)2-3-8(14)6(10)4-12/h6-8,12,14H,2-4,10H2,1H3,(H,11,13)(H,15,16)/t6-,7+,8-/m1/s1. The van der Waals surface area contributed by atoms with Gasteiger partial charge in [0.05, 0.1) is 18.8 Å². The fourth-order valence-electron chi connectivity index (χ4n) is 1.18. The van der Waals surface area contributed by atoms with E-state index in [1.165, 1.54) is 6.92 Å². The van der Waals surface area contributed by atoms with E-state index in [4.69, 9.17) is 15.9 Å². The molecule has 0 heterocycles. The summed E-state index contributed by atoms with van der Waals surface area (Å²) in [6.45, 7) is 0.838. The Hall–Kier alpha value is -1.18. The Labute approximate surface area is 93.3 Å². The van der Waals surface area contributed by atoms with Crippen molar-refractivity contribution in [3.63, 3.8) is 0 Å². The number of carbonyl (C=O) groups is 2. The Morgan fingerprint density at radius 3 is 2.31 bits per heavy atom. The molecule has 0 aliphatic heterocycles. The van der Waals surface area contributed by atoms with E-state index in [2.05, 4.69) is 5.32 Å². The van der Waals surface area contributed by atoms with Crippen molar-refractivity contribution in [2.45, 2.75) is 38.0 Å². The van der Waals surface area contributed by atoms with E-state index in [0.717, 1.165) is 0 Å². The monoisotopic (exact) mass is 234 g/mol. The zero-order valence-corrected chi connectivity index (χ0v) is 9.09. The second-order valence-electron chi connectivity index (χ2n) is 3.58. The summed E-state index contributed by atoms with van der Waals surface area (Å²) in [6.07, 6.45) is -0.830. The fraction of sp³-hybridized carbons (Fsp3) is 0.778. The first-order chi connectivity index (χ1) is 7.38. The average molecular weight is 234 g/mol. The van der Waals surface area contributed by atoms with Gasteiger partial charge in [-0.15, -0.1) is 0 Å². The summed E-state index contributed by atoms with van der Waals surface area (Å²) in [5.74, 6) is -1.62. The van der Waals surface area contributed by atoms with Gasteiger partial charge in [0.1, 0.15) is 6.04 Å². The Morgan fingerprint density at radius 2 is 1.94 bits per heavy atom. The molecule has 0 unspecified atom stereocenters. The zero-order valence-electron chi connectivity index (χ0n) is 9.09. The summed E-state index contributed by atoms with van der Waals surface area (Å²) >= 11 is 0. The van der Waals surface area contributed by atoms with Crippen LogP contribution in [0.1, 0.15) is 19.8 Å². The normalized spacial score (nSPS) is 16.2. The van der Waals surface area contributed by atoms with Crippen LogP contribution in [0, 0.1) is 0 Å². The first-order valence-corrected chi connectivity index (χ1v) is 4.93. The van der Waals surface area contributed by atoms with E-state index in [1.807, 2.05) is 0 Å². The molecule has 7 nitrogen and oxygen atoms in total. The van der Waals surface area contributed by atoms with Gasteiger partial charge in [0.15, 0.2) is 0 Å². The number of nitrogens with two attached hydrogens (primary N) is 1. The Morgan fingerprint density at radius 1 is 1.38 bits per heavy atom. The average Bonchev–Trinajstić information content (AvgIpc) is 2.21. The number of nitrogens with one attached hydrogen (secondary N) is 1. The molecule has 0 bridgehead atoms. The van der Waals surface area contributed by atoms with Crippen LogP contribution in [0.3, 0.4) is 0 Å². The van der Waals surface area contributed by atoms with Crippen LogP contribution in [0.4, 0.5) is 0 Å². The largest absolute Gasteiger partial charge is 0.480 e. The van der Waals surface area contributed by atoms with Crippen molar-refractivity contribution in [3.05, 3.63) is 0 Å². The minimum Gasteiger partial charge on any atom is -0.480 e. The molecule has 0 fully saturated rings. The maximum absolute atomic E-state index is 10.7. The molecule has 6 N–H and O–H groups in total. The third kappa shape index (κ3) is 5.64. The Kier molecular flexibility index (Phi) is 6.63. The quantitative estimate of drug-likeness (QED) is 0.347. The minimum atomic E-state index is -1.17. The van der Waals surface area contributed by atoms with Crippen molar-refractivity contribution in [2.75, 3.05) is 6.61 Å². The van der Waals surface area contributed by atoms with Gasteiger partial charge >= 0.3 is 5.97 Å². The van der Waals surface area contributed by atoms with Crippen LogP contribution in [0.5, 0.6) is 0 Å². The minimum absolute atomic E-state index is 0.0593. The molecule has 94 valence electrons. The van der Waals surface area contributed by atoms with Crippen molar-refractivity contribution in [1.82, 2.24) is 5.32 Å². The van der Waals surface area contributed by atoms with Gasteiger partial charge in [0.25, 0.3) is 0 Å². The fourth-order valence-corrected chi connectivity index (χ4v) is 1.18. The number of aliphatic hydroxyl groups excluding tert-OH is 2. The lowest BCUT2D eigenvalue weighted by molar-refractivity contribution is -0.141. The molecule has 0 aliphatic carbocycles. The second-order valence-corrected chi connectivity index (χ2v) is 3.58. The number of aliphatic hydroxyl groups is 2. The summed E-state index contributed by atoms with van der Waals surface area (Å²) in [6, 6.07) is -1.84. The predicted octanol–water partition coefficient (Wildman–Crippen LogP) is -1.96. The first kappa shape index (κ1) is 14.8. The maximum atomic E-state index is 10.7. The van der Waals surface area contributed by atoms with Gasteiger partial charge in [-0.3, -0.25) is 4.79 Å². The lowest BCUT2D eigenvalue weighted by Crippen LogP contribution is -2.42. The molecule has 0 rings (SSSR count). The van der Waals surface area contributed by atoms with Gasteiger partial charge in [-0.25, -0.2) is 4.79 Å². The number of hydrogen-bond acceptors (Lipinski definition) is 5. The van der Waals surface area contributed by atoms with Crippen molar-refractivity contribution in [3.8, 4) is 0 Å². The van der Waals surface area contributed by atoms with Gasteiger partial charge in [-0.1, -0.05) is 0 Å². The van der Waals surface area contributed by atoms with Gasteiger partial charge < -0.3 is 26.4 Å². The molecule has 0 aliphatic rings. The van der Waals surface area contributed by atoms with Crippen LogP contribution in [-0.4, -0.2) is 52.0 Å². The number of carboxylic acid groups (broad SMARTS) is 1. The highest BCUT2D eigenvalue weighted by Gasteiger charge is 2.21. The first-order valence-electron chi connectivity index (χ1n) is 4.93. The molecular formula is C9H18N2O5. The molecule has 0 spiro atoms. The summed E-state index contributed by atoms with van der Waals surface area (Å²) in [5.41, 5.74) is 5.35. The molecule has 0 aromatic rings. The summed E-state index contributed by atoms with van der Waals surface area (Å²) in [5, 5.41) is 29.0. The van der Waals surface area contributed by atoms with E-state index in [1.54, 1.807) is 0 Å².